The van der Waals surface area contributed by atoms with Gasteiger partial charge in [-0.1, -0.05) is 23.5 Å². The maximum Gasteiger partial charge on any atom is 0.339 e. The molecule has 1 heterocycles. The SMILES string of the molecule is COc1ccc(Oc2nc3ccccc3s2)c(C(=O)O)c1. The molecule has 6 heteroatoms. The number of benzene rings is 2. The number of para-hydroxylation sites is 1. The summed E-state index contributed by atoms with van der Waals surface area (Å²) in [5, 5.41) is 9.66. The van der Waals surface area contributed by atoms with Crippen LogP contribution in [0.25, 0.3) is 10.2 Å². The van der Waals surface area contributed by atoms with E-state index in [1.54, 1.807) is 12.1 Å². The number of methoxy groups -OCH3 is 1. The van der Waals surface area contributed by atoms with Gasteiger partial charge in [0, 0.05) is 0 Å². The van der Waals surface area contributed by atoms with Crippen molar-refractivity contribution in [3.63, 3.8) is 0 Å². The van der Waals surface area contributed by atoms with Crippen LogP contribution < -0.4 is 9.47 Å². The van der Waals surface area contributed by atoms with Gasteiger partial charge in [0.1, 0.15) is 17.1 Å². The molecular formula is C15H11NO4S. The normalized spacial score (nSPS) is 10.5. The summed E-state index contributed by atoms with van der Waals surface area (Å²) in [6, 6.07) is 12.3. The highest BCUT2D eigenvalue weighted by molar-refractivity contribution is 7.20. The van der Waals surface area contributed by atoms with Gasteiger partial charge in [0.05, 0.1) is 17.3 Å². The van der Waals surface area contributed by atoms with E-state index in [4.69, 9.17) is 9.47 Å². The highest BCUT2D eigenvalue weighted by atomic mass is 32.1. The van der Waals surface area contributed by atoms with Gasteiger partial charge in [-0.25, -0.2) is 9.78 Å². The van der Waals surface area contributed by atoms with Gasteiger partial charge in [-0.05, 0) is 30.3 Å². The standard InChI is InChI=1S/C15H11NO4S/c1-19-9-6-7-12(10(8-9)14(17)18)20-15-16-11-4-2-3-5-13(11)21-15/h2-8H,1H3,(H,17,18). The van der Waals surface area contributed by atoms with E-state index < -0.39 is 5.97 Å². The zero-order chi connectivity index (χ0) is 14.8. The first-order valence-corrected chi connectivity index (χ1v) is 6.94. The molecule has 21 heavy (non-hydrogen) atoms. The van der Waals surface area contributed by atoms with E-state index in [1.165, 1.54) is 24.5 Å². The molecule has 0 unspecified atom stereocenters. The molecule has 0 aliphatic carbocycles. The first kappa shape index (κ1) is 13.4. The number of aromatic carboxylic acids is 1. The predicted molar refractivity (Wildman–Crippen MR) is 79.6 cm³/mol. The number of hydrogen-bond donors (Lipinski definition) is 1. The molecule has 0 fully saturated rings. The van der Waals surface area contributed by atoms with Crippen molar-refractivity contribution in [2.75, 3.05) is 7.11 Å². The van der Waals surface area contributed by atoms with Crippen LogP contribution in [0.5, 0.6) is 16.7 Å². The molecule has 0 atom stereocenters. The lowest BCUT2D eigenvalue weighted by atomic mass is 10.2. The van der Waals surface area contributed by atoms with Crippen LogP contribution in [0.15, 0.2) is 42.5 Å². The molecular weight excluding hydrogens is 290 g/mol. The van der Waals surface area contributed by atoms with Crippen LogP contribution in [-0.4, -0.2) is 23.2 Å². The maximum atomic E-state index is 11.3. The first-order valence-electron chi connectivity index (χ1n) is 6.12. The van der Waals surface area contributed by atoms with E-state index >= 15 is 0 Å². The van der Waals surface area contributed by atoms with E-state index in [0.29, 0.717) is 10.9 Å². The van der Waals surface area contributed by atoms with Crippen LogP contribution >= 0.6 is 11.3 Å². The second-order valence-corrected chi connectivity index (χ2v) is 5.21. The summed E-state index contributed by atoms with van der Waals surface area (Å²) in [7, 11) is 1.48. The Bertz CT molecular complexity index is 779. The van der Waals surface area contributed by atoms with E-state index in [2.05, 4.69) is 4.98 Å². The van der Waals surface area contributed by atoms with Crippen molar-refractivity contribution in [3.05, 3.63) is 48.0 Å². The zero-order valence-electron chi connectivity index (χ0n) is 11.1. The molecule has 5 nitrogen and oxygen atoms in total. The topological polar surface area (TPSA) is 68.7 Å². The fraction of sp³-hybridized carbons (Fsp3) is 0.0667. The fourth-order valence-electron chi connectivity index (χ4n) is 1.88. The maximum absolute atomic E-state index is 11.3. The van der Waals surface area contributed by atoms with Gasteiger partial charge in [-0.3, -0.25) is 0 Å². The number of hydrogen-bond acceptors (Lipinski definition) is 5. The minimum atomic E-state index is -1.08. The average molecular weight is 301 g/mol. The summed E-state index contributed by atoms with van der Waals surface area (Å²) in [5.41, 5.74) is 0.858. The second-order valence-electron chi connectivity index (χ2n) is 4.22. The molecule has 2 aromatic carbocycles. The molecule has 0 amide bonds. The summed E-state index contributed by atoms with van der Waals surface area (Å²) < 4.78 is 11.6. The van der Waals surface area contributed by atoms with Gasteiger partial charge >= 0.3 is 5.97 Å². The largest absolute Gasteiger partial charge is 0.497 e. The molecule has 0 aliphatic rings. The van der Waals surface area contributed by atoms with Crippen LogP contribution in [0, 0.1) is 0 Å². The summed E-state index contributed by atoms with van der Waals surface area (Å²) >= 11 is 1.36. The van der Waals surface area contributed by atoms with E-state index in [9.17, 15) is 9.90 Å². The zero-order valence-corrected chi connectivity index (χ0v) is 11.9. The van der Waals surface area contributed by atoms with Crippen LogP contribution in [0.3, 0.4) is 0 Å². The van der Waals surface area contributed by atoms with Gasteiger partial charge < -0.3 is 14.6 Å². The Morgan fingerprint density at radius 1 is 1.24 bits per heavy atom. The first-order chi connectivity index (χ1) is 10.2. The molecule has 1 N–H and O–H groups in total. The Hall–Kier alpha value is -2.60. The molecule has 0 bridgehead atoms. The number of carboxylic acid groups (broad SMARTS) is 1. The summed E-state index contributed by atoms with van der Waals surface area (Å²) in [4.78, 5) is 15.6. The van der Waals surface area contributed by atoms with Crippen molar-refractivity contribution < 1.29 is 19.4 Å². The van der Waals surface area contributed by atoms with E-state index in [-0.39, 0.29) is 11.3 Å². The van der Waals surface area contributed by atoms with Crippen molar-refractivity contribution in [1.29, 1.82) is 0 Å². The van der Waals surface area contributed by atoms with Crippen LogP contribution in [0.2, 0.25) is 0 Å². The minimum Gasteiger partial charge on any atom is -0.497 e. The molecule has 0 radical (unpaired) electrons. The van der Waals surface area contributed by atoms with E-state index in [1.807, 2.05) is 24.3 Å². The van der Waals surface area contributed by atoms with Gasteiger partial charge in [-0.15, -0.1) is 0 Å². The quantitative estimate of drug-likeness (QED) is 0.794. The Balaban J connectivity index is 1.98. The summed E-state index contributed by atoms with van der Waals surface area (Å²) in [5.74, 6) is -0.378. The van der Waals surface area contributed by atoms with Gasteiger partial charge in [0.15, 0.2) is 0 Å². The number of thiazole rings is 1. The van der Waals surface area contributed by atoms with Crippen LogP contribution in [0.1, 0.15) is 10.4 Å². The Kier molecular flexibility index (Phi) is 3.45. The Morgan fingerprint density at radius 2 is 2.05 bits per heavy atom. The molecule has 0 aliphatic heterocycles. The van der Waals surface area contributed by atoms with Crippen LogP contribution in [0.4, 0.5) is 0 Å². The van der Waals surface area contributed by atoms with Gasteiger partial charge in [0.25, 0.3) is 5.19 Å². The summed E-state index contributed by atoms with van der Waals surface area (Å²) in [6.45, 7) is 0. The number of carboxylic acids is 1. The monoisotopic (exact) mass is 301 g/mol. The van der Waals surface area contributed by atoms with Gasteiger partial charge in [0.2, 0.25) is 0 Å². The lowest BCUT2D eigenvalue weighted by molar-refractivity contribution is 0.0693. The number of fused-ring (bicyclic) bond motifs is 1. The highest BCUT2D eigenvalue weighted by Crippen LogP contribution is 2.33. The fourth-order valence-corrected chi connectivity index (χ4v) is 2.71. The molecule has 106 valence electrons. The third-order valence-electron chi connectivity index (χ3n) is 2.89. The number of nitrogens with zero attached hydrogens (tertiary/aromatic N) is 1. The van der Waals surface area contributed by atoms with Crippen molar-refractivity contribution in [3.8, 4) is 16.7 Å². The van der Waals surface area contributed by atoms with E-state index in [0.717, 1.165) is 10.2 Å². The van der Waals surface area contributed by atoms with Crippen LogP contribution in [-0.2, 0) is 0 Å². The average Bonchev–Trinajstić information content (AvgIpc) is 2.89. The minimum absolute atomic E-state index is 0.0357. The molecule has 0 saturated heterocycles. The van der Waals surface area contributed by atoms with Crippen molar-refractivity contribution in [2.24, 2.45) is 0 Å². The molecule has 1 aromatic heterocycles. The molecule has 3 rings (SSSR count). The third kappa shape index (κ3) is 2.66. The summed E-state index contributed by atoms with van der Waals surface area (Å²) in [6.07, 6.45) is 0. The molecule has 0 saturated carbocycles. The van der Waals surface area contributed by atoms with Crippen molar-refractivity contribution >= 4 is 27.5 Å². The second kappa shape index (κ2) is 5.41. The van der Waals surface area contributed by atoms with Crippen molar-refractivity contribution in [2.45, 2.75) is 0 Å². The molecule has 3 aromatic rings. The number of ether oxygens (including phenoxy) is 2. The highest BCUT2D eigenvalue weighted by Gasteiger charge is 2.15. The predicted octanol–water partition coefficient (Wildman–Crippen LogP) is 3.80. The Morgan fingerprint density at radius 3 is 2.76 bits per heavy atom. The number of rotatable bonds is 4. The third-order valence-corrected chi connectivity index (χ3v) is 3.80. The Labute approximate surface area is 124 Å². The molecule has 0 spiro atoms. The lowest BCUT2D eigenvalue weighted by Gasteiger charge is -2.07. The van der Waals surface area contributed by atoms with Crippen molar-refractivity contribution in [1.82, 2.24) is 4.98 Å². The number of aromatic nitrogens is 1. The number of carbonyl (C=O) groups is 1. The lowest BCUT2D eigenvalue weighted by Crippen LogP contribution is -2.00. The smallest absolute Gasteiger partial charge is 0.339 e. The van der Waals surface area contributed by atoms with Gasteiger partial charge in [-0.2, -0.15) is 0 Å².